The van der Waals surface area contributed by atoms with Gasteiger partial charge in [-0.2, -0.15) is 0 Å². The molecule has 0 atom stereocenters. The van der Waals surface area contributed by atoms with Crippen molar-refractivity contribution >= 4 is 51.3 Å². The Morgan fingerprint density at radius 1 is 1.07 bits per heavy atom. The van der Waals surface area contributed by atoms with Crippen LogP contribution in [0.15, 0.2) is 62.8 Å². The maximum Gasteiger partial charge on any atom is 0.283 e. The molecule has 2 aromatic rings. The standard InChI is InChI=1S/C21H20BrN3O4S/c1-15(26)23-10-12-24(13-11-23)21(27)9-3-16-2-8-20(19(14-16)25(28)29)30-18-6-4-17(22)5-7-18/h2-9,14H,10-13H2,1H3. The number of hydrogen-bond acceptors (Lipinski definition) is 5. The highest BCUT2D eigenvalue weighted by Gasteiger charge is 2.21. The predicted molar refractivity (Wildman–Crippen MR) is 119 cm³/mol. The molecule has 1 aliphatic rings. The molecular weight excluding hydrogens is 470 g/mol. The first kappa shape index (κ1) is 22.0. The Morgan fingerprint density at radius 2 is 1.70 bits per heavy atom. The maximum atomic E-state index is 12.4. The predicted octanol–water partition coefficient (Wildman–Crippen LogP) is 4.21. The second-order valence-corrected chi connectivity index (χ2v) is 8.74. The van der Waals surface area contributed by atoms with Gasteiger partial charge in [0.25, 0.3) is 5.69 Å². The lowest BCUT2D eigenvalue weighted by Gasteiger charge is -2.33. The zero-order chi connectivity index (χ0) is 21.7. The number of hydrogen-bond donors (Lipinski definition) is 0. The number of carbonyl (C=O) groups excluding carboxylic acids is 2. The zero-order valence-corrected chi connectivity index (χ0v) is 18.7. The van der Waals surface area contributed by atoms with E-state index >= 15 is 0 Å². The van der Waals surface area contributed by atoms with Crippen LogP contribution < -0.4 is 0 Å². The molecule has 0 aromatic heterocycles. The molecule has 0 bridgehead atoms. The van der Waals surface area contributed by atoms with Gasteiger partial charge in [-0.1, -0.05) is 33.8 Å². The van der Waals surface area contributed by atoms with Crippen molar-refractivity contribution < 1.29 is 14.5 Å². The molecule has 0 saturated carbocycles. The van der Waals surface area contributed by atoms with Crippen molar-refractivity contribution in [3.63, 3.8) is 0 Å². The molecule has 0 spiro atoms. The molecule has 3 rings (SSSR count). The van der Waals surface area contributed by atoms with Crippen LogP contribution >= 0.6 is 27.7 Å². The molecule has 1 saturated heterocycles. The summed E-state index contributed by atoms with van der Waals surface area (Å²) in [5.41, 5.74) is 0.574. The minimum atomic E-state index is -0.415. The largest absolute Gasteiger partial charge is 0.339 e. The third-order valence-electron chi connectivity index (χ3n) is 4.68. The summed E-state index contributed by atoms with van der Waals surface area (Å²) < 4.78 is 0.939. The second kappa shape index (κ2) is 9.90. The first-order valence-electron chi connectivity index (χ1n) is 9.28. The number of nitrogens with zero attached hydrogens (tertiary/aromatic N) is 3. The van der Waals surface area contributed by atoms with E-state index in [-0.39, 0.29) is 17.5 Å². The van der Waals surface area contributed by atoms with Crippen molar-refractivity contribution in [1.82, 2.24) is 9.80 Å². The van der Waals surface area contributed by atoms with Crippen LogP contribution in [-0.2, 0) is 9.59 Å². The first-order chi connectivity index (χ1) is 14.3. The summed E-state index contributed by atoms with van der Waals surface area (Å²) in [4.78, 5) is 39.7. The third kappa shape index (κ3) is 5.70. The van der Waals surface area contributed by atoms with E-state index in [1.54, 1.807) is 28.0 Å². The minimum absolute atomic E-state index is 0.00560. The Morgan fingerprint density at radius 3 is 2.30 bits per heavy atom. The normalized spacial score (nSPS) is 14.2. The fraction of sp³-hybridized carbons (Fsp3) is 0.238. The molecular formula is C21H20BrN3O4S. The van der Waals surface area contributed by atoms with Crippen LogP contribution in [0.2, 0.25) is 0 Å². The molecule has 2 amide bonds. The summed E-state index contributed by atoms with van der Waals surface area (Å²) in [5.74, 6) is -0.166. The first-order valence-corrected chi connectivity index (χ1v) is 10.9. The molecule has 9 heteroatoms. The molecule has 1 heterocycles. The SMILES string of the molecule is CC(=O)N1CCN(C(=O)C=Cc2ccc(Sc3ccc(Br)cc3)c([N+](=O)[O-])c2)CC1. The van der Waals surface area contributed by atoms with Crippen molar-refractivity contribution in [3.8, 4) is 0 Å². The summed E-state index contributed by atoms with van der Waals surface area (Å²) in [6.45, 7) is 3.50. The van der Waals surface area contributed by atoms with E-state index in [0.717, 1.165) is 9.37 Å². The molecule has 0 N–H and O–H groups in total. The molecule has 7 nitrogen and oxygen atoms in total. The highest BCUT2D eigenvalue weighted by molar-refractivity contribution is 9.10. The van der Waals surface area contributed by atoms with E-state index in [4.69, 9.17) is 0 Å². The van der Waals surface area contributed by atoms with Crippen LogP contribution in [-0.4, -0.2) is 52.7 Å². The van der Waals surface area contributed by atoms with Crippen molar-refractivity contribution in [2.24, 2.45) is 0 Å². The average Bonchev–Trinajstić information content (AvgIpc) is 2.74. The number of halogens is 1. The van der Waals surface area contributed by atoms with E-state index in [0.29, 0.717) is 36.6 Å². The molecule has 1 aliphatic heterocycles. The second-order valence-electron chi connectivity index (χ2n) is 6.70. The van der Waals surface area contributed by atoms with Gasteiger partial charge in [-0.25, -0.2) is 0 Å². The van der Waals surface area contributed by atoms with Gasteiger partial charge in [0.1, 0.15) is 0 Å². The number of nitro groups is 1. The maximum absolute atomic E-state index is 12.4. The van der Waals surface area contributed by atoms with Crippen molar-refractivity contribution in [1.29, 1.82) is 0 Å². The molecule has 0 radical (unpaired) electrons. The summed E-state index contributed by atoms with van der Waals surface area (Å²) in [7, 11) is 0. The lowest BCUT2D eigenvalue weighted by molar-refractivity contribution is -0.387. The fourth-order valence-corrected chi connectivity index (χ4v) is 4.18. The van der Waals surface area contributed by atoms with Crippen LogP contribution in [0.25, 0.3) is 6.08 Å². The molecule has 1 fully saturated rings. The number of rotatable bonds is 5. The van der Waals surface area contributed by atoms with Gasteiger partial charge in [-0.15, -0.1) is 0 Å². The smallest absolute Gasteiger partial charge is 0.283 e. The summed E-state index contributed by atoms with van der Waals surface area (Å²) in [6.07, 6.45) is 3.00. The Kier molecular flexibility index (Phi) is 7.28. The topological polar surface area (TPSA) is 83.8 Å². The molecule has 156 valence electrons. The molecule has 0 aliphatic carbocycles. The van der Waals surface area contributed by atoms with Crippen LogP contribution in [0.3, 0.4) is 0 Å². The van der Waals surface area contributed by atoms with Gasteiger partial charge in [0.2, 0.25) is 11.8 Å². The van der Waals surface area contributed by atoms with Crippen LogP contribution in [0.4, 0.5) is 5.69 Å². The molecule has 0 unspecified atom stereocenters. The minimum Gasteiger partial charge on any atom is -0.339 e. The van der Waals surface area contributed by atoms with Gasteiger partial charge in [0.05, 0.1) is 9.82 Å². The van der Waals surface area contributed by atoms with Crippen molar-refractivity contribution in [2.75, 3.05) is 26.2 Å². The Bertz CT molecular complexity index is 986. The lowest BCUT2D eigenvalue weighted by Crippen LogP contribution is -2.49. The monoisotopic (exact) mass is 489 g/mol. The van der Waals surface area contributed by atoms with Crippen LogP contribution in [0.5, 0.6) is 0 Å². The van der Waals surface area contributed by atoms with Gasteiger partial charge in [0.15, 0.2) is 0 Å². The lowest BCUT2D eigenvalue weighted by atomic mass is 10.2. The number of piperazine rings is 1. The van der Waals surface area contributed by atoms with E-state index in [1.807, 2.05) is 24.3 Å². The summed E-state index contributed by atoms with van der Waals surface area (Å²) >= 11 is 4.69. The Hall–Kier alpha value is -2.65. The Labute approximate surface area is 187 Å². The fourth-order valence-electron chi connectivity index (χ4n) is 3.01. The zero-order valence-electron chi connectivity index (χ0n) is 16.3. The highest BCUT2D eigenvalue weighted by atomic mass is 79.9. The van der Waals surface area contributed by atoms with E-state index < -0.39 is 4.92 Å². The highest BCUT2D eigenvalue weighted by Crippen LogP contribution is 2.36. The van der Waals surface area contributed by atoms with Gasteiger partial charge in [0, 0.05) is 54.6 Å². The third-order valence-corrected chi connectivity index (χ3v) is 6.28. The number of carbonyl (C=O) groups is 2. The number of amides is 2. The molecule has 2 aromatic carbocycles. The van der Waals surface area contributed by atoms with Crippen LogP contribution in [0, 0.1) is 10.1 Å². The van der Waals surface area contributed by atoms with Crippen molar-refractivity contribution in [3.05, 3.63) is 68.7 Å². The number of benzene rings is 2. The van der Waals surface area contributed by atoms with Crippen molar-refractivity contribution in [2.45, 2.75) is 16.7 Å². The van der Waals surface area contributed by atoms with E-state index in [2.05, 4.69) is 15.9 Å². The van der Waals surface area contributed by atoms with Gasteiger partial charge < -0.3 is 9.80 Å². The average molecular weight is 490 g/mol. The molecule has 30 heavy (non-hydrogen) atoms. The van der Waals surface area contributed by atoms with E-state index in [1.165, 1.54) is 30.8 Å². The quantitative estimate of drug-likeness (QED) is 0.356. The van der Waals surface area contributed by atoms with Gasteiger partial charge in [-0.3, -0.25) is 19.7 Å². The van der Waals surface area contributed by atoms with Gasteiger partial charge >= 0.3 is 0 Å². The summed E-state index contributed by atoms with van der Waals surface area (Å²) in [6, 6.07) is 12.5. The summed E-state index contributed by atoms with van der Waals surface area (Å²) in [5, 5.41) is 11.5. The van der Waals surface area contributed by atoms with E-state index in [9.17, 15) is 19.7 Å². The van der Waals surface area contributed by atoms with Crippen LogP contribution in [0.1, 0.15) is 12.5 Å². The van der Waals surface area contributed by atoms with Gasteiger partial charge in [-0.05, 0) is 42.0 Å². The Balaban J connectivity index is 1.69. The number of nitro benzene ring substituents is 1.